The van der Waals surface area contributed by atoms with Gasteiger partial charge in [-0.05, 0) is 0 Å². The number of anilines is 2. The van der Waals surface area contributed by atoms with E-state index in [1.807, 2.05) is 0 Å². The first-order valence-corrected chi connectivity index (χ1v) is 19.6. The molecule has 2 aliphatic rings. The number of alkyl halides is 1. The van der Waals surface area contributed by atoms with Crippen molar-refractivity contribution in [2.75, 3.05) is 31.3 Å². The molecule has 19 nitrogen and oxygen atoms in total. The van der Waals surface area contributed by atoms with Crippen LogP contribution in [0.3, 0.4) is 0 Å². The Morgan fingerprint density at radius 3 is 2.61 bits per heavy atom. The average Bonchev–Trinajstić information content (AvgIpc) is 3.75. The van der Waals surface area contributed by atoms with Crippen LogP contribution < -0.4 is 17.0 Å². The maximum absolute atomic E-state index is 15.2. The number of hydrogen-bond donors (Lipinski definition) is 7. The molecule has 0 saturated carbocycles. The summed E-state index contributed by atoms with van der Waals surface area (Å²) in [6.45, 7) is -10.6. The zero-order chi connectivity index (χ0) is 33.0. The first-order chi connectivity index (χ1) is 21.7. The van der Waals surface area contributed by atoms with Crippen molar-refractivity contribution in [2.45, 2.75) is 47.6 Å². The third kappa shape index (κ3) is 6.68. The smallest absolute Gasteiger partial charge is 0.386 e. The van der Waals surface area contributed by atoms with E-state index in [-0.39, 0.29) is 46.9 Å². The summed E-state index contributed by atoms with van der Waals surface area (Å²) in [6.07, 6.45) is 0.0945. The molecule has 4 aromatic rings. The molecular weight excluding hydrogens is 713 g/mol. The summed E-state index contributed by atoms with van der Waals surface area (Å²) in [7, 11) is 0. The van der Waals surface area contributed by atoms with Crippen LogP contribution in [0.15, 0.2) is 23.8 Å². The number of halogens is 1. The number of nitrogens with two attached hydrogens (primary N) is 2. The lowest BCUT2D eigenvalue weighted by Gasteiger charge is -2.33. The van der Waals surface area contributed by atoms with E-state index in [9.17, 15) is 23.9 Å². The molecule has 6 heterocycles. The van der Waals surface area contributed by atoms with E-state index in [0.717, 1.165) is 11.8 Å². The van der Waals surface area contributed by atoms with Gasteiger partial charge >= 0.3 is 13.6 Å². The van der Waals surface area contributed by atoms with Gasteiger partial charge in [0.15, 0.2) is 22.6 Å². The summed E-state index contributed by atoms with van der Waals surface area (Å²) in [5, 5.41) is 9.04. The van der Waals surface area contributed by atoms with Crippen LogP contribution >= 0.6 is 49.9 Å². The quantitative estimate of drug-likeness (QED) is 0.0850. The van der Waals surface area contributed by atoms with E-state index in [4.69, 9.17) is 29.8 Å². The van der Waals surface area contributed by atoms with Gasteiger partial charge < -0.3 is 30.8 Å². The summed E-state index contributed by atoms with van der Waals surface area (Å²) in [5.41, 5.74) is 9.91. The Bertz CT molecular complexity index is 1930. The van der Waals surface area contributed by atoms with Crippen LogP contribution in [0.25, 0.3) is 22.3 Å². The zero-order valence-corrected chi connectivity index (χ0v) is 27.7. The van der Waals surface area contributed by atoms with Crippen molar-refractivity contribution in [3.8, 4) is 0 Å². The third-order valence-electron chi connectivity index (χ3n) is 7.40. The van der Waals surface area contributed by atoms with Crippen molar-refractivity contribution in [1.29, 1.82) is 0 Å². The molecular formula is C21H27FN10O9P2S3. The van der Waals surface area contributed by atoms with Crippen molar-refractivity contribution in [3.63, 3.8) is 0 Å². The zero-order valence-electron chi connectivity index (χ0n) is 23.3. The van der Waals surface area contributed by atoms with Gasteiger partial charge in [0.05, 0.1) is 43.1 Å². The predicted octanol–water partition coefficient (Wildman–Crippen LogP) is 1.60. The summed E-state index contributed by atoms with van der Waals surface area (Å²) >= 11 is 8.73. The number of thioether (sulfide) groups is 1. The highest BCUT2D eigenvalue weighted by Gasteiger charge is 2.54. The predicted molar refractivity (Wildman–Crippen MR) is 169 cm³/mol. The van der Waals surface area contributed by atoms with Gasteiger partial charge in [-0.1, -0.05) is 24.5 Å². The molecule has 0 amide bonds. The molecule has 4 aromatic heterocycles. The molecule has 0 aliphatic carbocycles. The summed E-state index contributed by atoms with van der Waals surface area (Å²) in [6, 6.07) is 0. The van der Waals surface area contributed by atoms with E-state index in [1.165, 1.54) is 28.1 Å². The number of aliphatic hydroxyl groups excluding tert-OH is 1. The van der Waals surface area contributed by atoms with Crippen LogP contribution in [0, 0.1) is 0 Å². The Morgan fingerprint density at radius 2 is 1.87 bits per heavy atom. The van der Waals surface area contributed by atoms with Crippen LogP contribution in [0.1, 0.15) is 24.4 Å². The molecule has 25 heteroatoms. The normalized spacial score (nSPS) is 29.4. The molecule has 8 atom stereocenters. The van der Waals surface area contributed by atoms with Crippen molar-refractivity contribution < 1.29 is 41.8 Å². The van der Waals surface area contributed by atoms with Crippen LogP contribution in [-0.2, 0) is 27.4 Å². The molecule has 7 N–H and O–H groups in total. The molecule has 46 heavy (non-hydrogen) atoms. The molecule has 0 radical (unpaired) electrons. The van der Waals surface area contributed by atoms with Crippen LogP contribution in [0.5, 0.6) is 0 Å². The minimum atomic E-state index is -4.37. The number of aromatic amines is 1. The Kier molecular flexibility index (Phi) is 9.22. The van der Waals surface area contributed by atoms with Gasteiger partial charge in [0.25, 0.3) is 5.56 Å². The lowest BCUT2D eigenvalue weighted by molar-refractivity contribution is -0.141. The van der Waals surface area contributed by atoms with Gasteiger partial charge in [-0.2, -0.15) is 4.98 Å². The highest BCUT2D eigenvalue weighted by Crippen LogP contribution is 2.59. The van der Waals surface area contributed by atoms with E-state index >= 15 is 4.39 Å². The minimum absolute atomic E-state index is 0.00273. The Hall–Kier alpha value is -2.30. The number of fused-ring (bicyclic) bond motifs is 2. The highest BCUT2D eigenvalue weighted by atomic mass is 32.7. The number of rotatable bonds is 11. The van der Waals surface area contributed by atoms with E-state index < -0.39 is 73.7 Å². The van der Waals surface area contributed by atoms with Crippen molar-refractivity contribution in [3.05, 3.63) is 29.3 Å². The van der Waals surface area contributed by atoms with Crippen LogP contribution in [0.2, 0.25) is 0 Å². The van der Waals surface area contributed by atoms with Crippen LogP contribution in [-0.4, -0.2) is 92.0 Å². The summed E-state index contributed by atoms with van der Waals surface area (Å²) in [4.78, 5) is 44.5. The van der Waals surface area contributed by atoms with Gasteiger partial charge in [-0.3, -0.25) is 27.9 Å². The summed E-state index contributed by atoms with van der Waals surface area (Å²) in [5.74, 6) is -0.0197. The maximum Gasteiger partial charge on any atom is 0.386 e. The average molecular weight is 741 g/mol. The van der Waals surface area contributed by atoms with E-state index in [2.05, 4.69) is 54.4 Å². The number of ether oxygens (including phenoxy) is 1. The Balaban J connectivity index is 1.18. The number of aliphatic hydroxyl groups is 1. The Labute approximate surface area is 272 Å². The number of imidazole rings is 2. The van der Waals surface area contributed by atoms with Gasteiger partial charge in [0, 0.05) is 12.8 Å². The molecule has 2 saturated heterocycles. The standard InChI is InChI=1S/C21H27FN10O9P2S3/c22-9-1-13(32-8-28-15-18(32)29-20(24)30-19(15)34)46-10(9)3-38-43(37,45)41-11-2-12(40-21(11,4-33)5-39-42(35,36)44)31-7-27-14-16(23)25-6-26-17(14)31/h6-13,33H,1-5H2,(H,37,45)(H2,23,25,26)(H2,35,36,44)(H3,24,29,30,34)/t9-,10-,11+,12-,13?,21-,43?/m1/s1. The number of nitrogens with one attached hydrogen (secondary N) is 1. The number of nitrogens with zero attached hydrogens (tertiary/aromatic N) is 7. The molecule has 3 unspecified atom stereocenters. The third-order valence-corrected chi connectivity index (χ3v) is 11.4. The largest absolute Gasteiger partial charge is 0.393 e. The Morgan fingerprint density at radius 1 is 1.13 bits per heavy atom. The van der Waals surface area contributed by atoms with Gasteiger partial charge in [0.1, 0.15) is 35.9 Å². The molecule has 2 fully saturated rings. The fraction of sp³-hybridized carbons (Fsp3) is 0.524. The lowest BCUT2D eigenvalue weighted by atomic mass is 9.99. The van der Waals surface area contributed by atoms with E-state index in [1.54, 1.807) is 0 Å². The number of H-pyrrole nitrogens is 1. The highest BCUT2D eigenvalue weighted by molar-refractivity contribution is 8.44. The first kappa shape index (κ1) is 33.6. The van der Waals surface area contributed by atoms with Crippen molar-refractivity contribution >= 4 is 83.9 Å². The second-order valence-electron chi connectivity index (χ2n) is 10.4. The van der Waals surface area contributed by atoms with Crippen LogP contribution in [0.4, 0.5) is 16.2 Å². The fourth-order valence-electron chi connectivity index (χ4n) is 5.21. The topological polar surface area (TPSA) is 271 Å². The van der Waals surface area contributed by atoms with Crippen molar-refractivity contribution in [2.24, 2.45) is 0 Å². The SMILES string of the molecule is Nc1nc2c(ncn2C2C[C@@H](F)[C@@H](COP(=O)(S)O[C@H]3C[C@H](n4cnc5c(N)ncnc54)O[C@]3(CO)COP(=O)(O)S)S2)c(=O)[nH]1. The number of thiol groups is 2. The van der Waals surface area contributed by atoms with Crippen molar-refractivity contribution in [1.82, 2.24) is 39.0 Å². The molecule has 0 bridgehead atoms. The number of hydrogen-bond acceptors (Lipinski definition) is 16. The second-order valence-corrected chi connectivity index (χ2v) is 17.4. The van der Waals surface area contributed by atoms with E-state index in [0.29, 0.717) is 0 Å². The van der Waals surface area contributed by atoms with Gasteiger partial charge in [-0.25, -0.2) is 33.5 Å². The summed E-state index contributed by atoms with van der Waals surface area (Å²) < 4.78 is 65.8. The second kappa shape index (κ2) is 12.6. The minimum Gasteiger partial charge on any atom is -0.393 e. The fourth-order valence-corrected chi connectivity index (χ4v) is 8.83. The number of nitrogen functional groups attached to an aromatic ring is 2. The molecule has 0 aromatic carbocycles. The lowest BCUT2D eigenvalue weighted by Crippen LogP contribution is -2.48. The molecule has 2 aliphatic heterocycles. The molecule has 0 spiro atoms. The molecule has 6 rings (SSSR count). The first-order valence-electron chi connectivity index (χ1n) is 13.3. The molecule has 250 valence electrons. The van der Waals surface area contributed by atoms with Gasteiger partial charge in [-0.15, -0.1) is 11.8 Å². The van der Waals surface area contributed by atoms with Gasteiger partial charge in [0.2, 0.25) is 5.95 Å². The number of aromatic nitrogens is 8. The monoisotopic (exact) mass is 740 g/mol. The maximum atomic E-state index is 15.2.